The molecule has 0 aliphatic rings. The van der Waals surface area contributed by atoms with Crippen LogP contribution in [0.25, 0.3) is 21.9 Å². The van der Waals surface area contributed by atoms with Gasteiger partial charge in [0.25, 0.3) is 0 Å². The molecule has 20 heavy (non-hydrogen) atoms. The molecule has 0 unspecified atom stereocenters. The molecule has 2 N–H and O–H groups in total. The number of rotatable bonds is 2. The minimum absolute atomic E-state index is 0.134. The van der Waals surface area contributed by atoms with E-state index in [1.807, 2.05) is 54.6 Å². The first-order valence-electron chi connectivity index (χ1n) is 6.17. The SMILES string of the molecule is NS(=O)(=O)c1cc(-c2ccccc2)c2ccccc2c1. The molecule has 3 aromatic carbocycles. The van der Waals surface area contributed by atoms with Crippen molar-refractivity contribution in [3.8, 4) is 11.1 Å². The van der Waals surface area contributed by atoms with Gasteiger partial charge in [-0.2, -0.15) is 0 Å². The third kappa shape index (κ3) is 2.31. The summed E-state index contributed by atoms with van der Waals surface area (Å²) in [6.07, 6.45) is 0. The van der Waals surface area contributed by atoms with Crippen LogP contribution < -0.4 is 5.14 Å². The summed E-state index contributed by atoms with van der Waals surface area (Å²) in [4.78, 5) is 0.134. The van der Waals surface area contributed by atoms with Crippen LogP contribution in [0.4, 0.5) is 0 Å². The van der Waals surface area contributed by atoms with Crippen LogP contribution in [0.5, 0.6) is 0 Å². The minimum Gasteiger partial charge on any atom is -0.225 e. The van der Waals surface area contributed by atoms with Gasteiger partial charge in [0.05, 0.1) is 4.90 Å². The molecule has 0 amide bonds. The molecule has 0 saturated carbocycles. The minimum atomic E-state index is -3.72. The van der Waals surface area contributed by atoms with Gasteiger partial charge in [-0.25, -0.2) is 13.6 Å². The van der Waals surface area contributed by atoms with Gasteiger partial charge in [-0.1, -0.05) is 54.6 Å². The van der Waals surface area contributed by atoms with Gasteiger partial charge < -0.3 is 0 Å². The Morgan fingerprint density at radius 3 is 2.15 bits per heavy atom. The van der Waals surface area contributed by atoms with Gasteiger partial charge >= 0.3 is 0 Å². The predicted molar refractivity (Wildman–Crippen MR) is 80.8 cm³/mol. The van der Waals surface area contributed by atoms with Crippen molar-refractivity contribution in [2.75, 3.05) is 0 Å². The van der Waals surface area contributed by atoms with Gasteiger partial charge in [0.15, 0.2) is 0 Å². The second kappa shape index (κ2) is 4.74. The Kier molecular flexibility index (Phi) is 3.04. The summed E-state index contributed by atoms with van der Waals surface area (Å²) in [5.41, 5.74) is 1.84. The van der Waals surface area contributed by atoms with Gasteiger partial charge in [-0.3, -0.25) is 0 Å². The van der Waals surface area contributed by atoms with Crippen LogP contribution in [0.15, 0.2) is 71.6 Å². The molecular formula is C16H13NO2S. The van der Waals surface area contributed by atoms with E-state index in [9.17, 15) is 8.42 Å². The molecule has 4 heteroatoms. The van der Waals surface area contributed by atoms with Gasteiger partial charge in [0.2, 0.25) is 10.0 Å². The summed E-state index contributed by atoms with van der Waals surface area (Å²) in [6, 6.07) is 20.6. The molecule has 0 aliphatic carbocycles. The first-order chi connectivity index (χ1) is 9.55. The van der Waals surface area contributed by atoms with E-state index in [1.165, 1.54) is 0 Å². The van der Waals surface area contributed by atoms with Gasteiger partial charge in [-0.05, 0) is 34.0 Å². The largest absolute Gasteiger partial charge is 0.238 e. The lowest BCUT2D eigenvalue weighted by atomic mass is 9.98. The highest BCUT2D eigenvalue weighted by Gasteiger charge is 2.12. The van der Waals surface area contributed by atoms with Gasteiger partial charge in [0, 0.05) is 0 Å². The van der Waals surface area contributed by atoms with Crippen LogP contribution in [-0.4, -0.2) is 8.42 Å². The molecular weight excluding hydrogens is 270 g/mol. The summed E-state index contributed by atoms with van der Waals surface area (Å²) in [5.74, 6) is 0. The van der Waals surface area contributed by atoms with Crippen molar-refractivity contribution < 1.29 is 8.42 Å². The van der Waals surface area contributed by atoms with E-state index >= 15 is 0 Å². The van der Waals surface area contributed by atoms with E-state index in [1.54, 1.807) is 12.1 Å². The Labute approximate surface area is 117 Å². The van der Waals surface area contributed by atoms with Crippen molar-refractivity contribution in [2.24, 2.45) is 5.14 Å². The molecule has 3 rings (SSSR count). The topological polar surface area (TPSA) is 60.2 Å². The van der Waals surface area contributed by atoms with Crippen LogP contribution >= 0.6 is 0 Å². The third-order valence-electron chi connectivity index (χ3n) is 3.25. The van der Waals surface area contributed by atoms with Crippen molar-refractivity contribution in [2.45, 2.75) is 4.90 Å². The van der Waals surface area contributed by atoms with E-state index in [4.69, 9.17) is 5.14 Å². The lowest BCUT2D eigenvalue weighted by molar-refractivity contribution is 0.598. The zero-order valence-electron chi connectivity index (χ0n) is 10.7. The monoisotopic (exact) mass is 283 g/mol. The van der Waals surface area contributed by atoms with Crippen LogP contribution in [0.3, 0.4) is 0 Å². The van der Waals surface area contributed by atoms with Gasteiger partial charge in [-0.15, -0.1) is 0 Å². The number of primary sulfonamides is 1. The average Bonchev–Trinajstić information content (AvgIpc) is 2.46. The van der Waals surface area contributed by atoms with E-state index in [0.717, 1.165) is 21.9 Å². The van der Waals surface area contributed by atoms with E-state index in [-0.39, 0.29) is 4.90 Å². The summed E-state index contributed by atoms with van der Waals surface area (Å²) in [7, 11) is -3.72. The van der Waals surface area contributed by atoms with Crippen molar-refractivity contribution >= 4 is 20.8 Å². The Bertz CT molecular complexity index is 871. The third-order valence-corrected chi connectivity index (χ3v) is 4.14. The van der Waals surface area contributed by atoms with E-state index in [2.05, 4.69) is 0 Å². The normalized spacial score (nSPS) is 11.7. The Morgan fingerprint density at radius 1 is 0.800 bits per heavy atom. The molecule has 0 saturated heterocycles. The molecule has 0 radical (unpaired) electrons. The predicted octanol–water partition coefficient (Wildman–Crippen LogP) is 3.15. The standard InChI is InChI=1S/C16H13NO2S/c17-20(18,19)14-10-13-8-4-5-9-15(13)16(11-14)12-6-2-1-3-7-12/h1-11H,(H2,17,18,19). The number of benzene rings is 3. The van der Waals surface area contributed by atoms with Crippen molar-refractivity contribution in [1.29, 1.82) is 0 Å². The lowest BCUT2D eigenvalue weighted by Crippen LogP contribution is -2.12. The first kappa shape index (κ1) is 12.8. The highest BCUT2D eigenvalue weighted by Crippen LogP contribution is 2.31. The Balaban J connectivity index is 2.40. The van der Waals surface area contributed by atoms with Crippen LogP contribution in [0.1, 0.15) is 0 Å². The van der Waals surface area contributed by atoms with Crippen LogP contribution in [0.2, 0.25) is 0 Å². The fourth-order valence-electron chi connectivity index (χ4n) is 2.30. The summed E-state index contributed by atoms with van der Waals surface area (Å²) >= 11 is 0. The number of nitrogens with two attached hydrogens (primary N) is 1. The fourth-order valence-corrected chi connectivity index (χ4v) is 2.88. The average molecular weight is 283 g/mol. The zero-order valence-corrected chi connectivity index (χ0v) is 11.5. The lowest BCUT2D eigenvalue weighted by Gasteiger charge is -2.09. The number of hydrogen-bond acceptors (Lipinski definition) is 2. The van der Waals surface area contributed by atoms with Crippen LogP contribution in [0, 0.1) is 0 Å². The molecule has 100 valence electrons. The summed E-state index contributed by atoms with van der Waals surface area (Å²) < 4.78 is 23.3. The maximum absolute atomic E-state index is 11.6. The maximum Gasteiger partial charge on any atom is 0.238 e. The molecule has 0 atom stereocenters. The Morgan fingerprint density at radius 2 is 1.45 bits per heavy atom. The number of fused-ring (bicyclic) bond motifs is 1. The molecule has 0 aliphatic heterocycles. The zero-order chi connectivity index (χ0) is 14.2. The molecule has 3 nitrogen and oxygen atoms in total. The number of sulfonamides is 1. The summed E-state index contributed by atoms with van der Waals surface area (Å²) in [6.45, 7) is 0. The second-order valence-electron chi connectivity index (χ2n) is 4.60. The van der Waals surface area contributed by atoms with Crippen molar-refractivity contribution in [1.82, 2.24) is 0 Å². The van der Waals surface area contributed by atoms with Gasteiger partial charge in [0.1, 0.15) is 0 Å². The first-order valence-corrected chi connectivity index (χ1v) is 7.71. The summed E-state index contributed by atoms with van der Waals surface area (Å²) in [5, 5.41) is 7.13. The fraction of sp³-hybridized carbons (Fsp3) is 0. The van der Waals surface area contributed by atoms with Crippen molar-refractivity contribution in [3.63, 3.8) is 0 Å². The second-order valence-corrected chi connectivity index (χ2v) is 6.16. The molecule has 0 spiro atoms. The number of hydrogen-bond donors (Lipinski definition) is 1. The smallest absolute Gasteiger partial charge is 0.225 e. The quantitative estimate of drug-likeness (QED) is 0.785. The van der Waals surface area contributed by atoms with E-state index < -0.39 is 10.0 Å². The molecule has 0 aromatic heterocycles. The molecule has 0 fully saturated rings. The molecule has 0 bridgehead atoms. The highest BCUT2D eigenvalue weighted by atomic mass is 32.2. The Hall–Kier alpha value is -2.17. The molecule has 0 heterocycles. The van der Waals surface area contributed by atoms with E-state index in [0.29, 0.717) is 0 Å². The highest BCUT2D eigenvalue weighted by molar-refractivity contribution is 7.89. The van der Waals surface area contributed by atoms with Crippen molar-refractivity contribution in [3.05, 3.63) is 66.7 Å². The molecule has 3 aromatic rings. The van der Waals surface area contributed by atoms with Crippen LogP contribution in [-0.2, 0) is 10.0 Å². The maximum atomic E-state index is 11.6.